The average molecular weight is 354 g/mol. The molecule has 26 heavy (non-hydrogen) atoms. The number of ether oxygens (including phenoxy) is 1. The van der Waals surface area contributed by atoms with E-state index in [4.69, 9.17) is 4.74 Å². The maximum atomic E-state index is 12.5. The first-order valence-electron chi connectivity index (χ1n) is 8.68. The number of carbonyl (C=O) groups is 2. The zero-order chi connectivity index (χ0) is 19.3. The second kappa shape index (κ2) is 8.13. The summed E-state index contributed by atoms with van der Waals surface area (Å²) in [5.74, 6) is -0.000976. The van der Waals surface area contributed by atoms with E-state index < -0.39 is 11.4 Å². The van der Waals surface area contributed by atoms with Gasteiger partial charge >= 0.3 is 5.97 Å². The van der Waals surface area contributed by atoms with Gasteiger partial charge in [-0.15, -0.1) is 0 Å². The molecule has 0 atom stereocenters. The lowest BCUT2D eigenvalue weighted by molar-refractivity contribution is -0.125. The molecular weight excluding hydrogens is 328 g/mol. The summed E-state index contributed by atoms with van der Waals surface area (Å²) in [6.07, 6.45) is 3.17. The lowest BCUT2D eigenvalue weighted by Crippen LogP contribution is -2.41. The number of aromatic nitrogens is 1. The van der Waals surface area contributed by atoms with Gasteiger partial charge in [0.1, 0.15) is 0 Å². The summed E-state index contributed by atoms with van der Waals surface area (Å²) in [6, 6.07) is 9.49. The molecule has 0 saturated heterocycles. The molecule has 138 valence electrons. The summed E-state index contributed by atoms with van der Waals surface area (Å²) >= 11 is 0. The van der Waals surface area contributed by atoms with Crippen molar-refractivity contribution in [3.05, 3.63) is 53.9 Å². The maximum Gasteiger partial charge on any atom is 0.339 e. The number of methoxy groups -OCH3 is 1. The normalized spacial score (nSPS) is 11.3. The lowest BCUT2D eigenvalue weighted by Gasteiger charge is -2.25. The molecule has 1 heterocycles. The molecule has 5 heteroatoms. The smallest absolute Gasteiger partial charge is 0.339 e. The van der Waals surface area contributed by atoms with E-state index in [1.807, 2.05) is 38.1 Å². The second-order valence-electron chi connectivity index (χ2n) is 7.26. The Kier molecular flexibility index (Phi) is 6.14. The number of nitrogens with one attached hydrogen (secondary N) is 1. The highest BCUT2D eigenvalue weighted by molar-refractivity contribution is 5.90. The van der Waals surface area contributed by atoms with Crippen molar-refractivity contribution in [2.75, 3.05) is 13.7 Å². The van der Waals surface area contributed by atoms with Crippen LogP contribution in [0.5, 0.6) is 0 Å². The van der Waals surface area contributed by atoms with Crippen molar-refractivity contribution in [2.24, 2.45) is 5.92 Å². The van der Waals surface area contributed by atoms with Crippen LogP contribution >= 0.6 is 0 Å². The number of nitrogens with zero attached hydrogens (tertiary/aromatic N) is 1. The van der Waals surface area contributed by atoms with Gasteiger partial charge in [0.2, 0.25) is 5.91 Å². The van der Waals surface area contributed by atoms with Crippen molar-refractivity contribution in [1.29, 1.82) is 0 Å². The van der Waals surface area contributed by atoms with E-state index in [0.717, 1.165) is 16.7 Å². The van der Waals surface area contributed by atoms with Crippen LogP contribution in [0.4, 0.5) is 0 Å². The molecule has 0 aliphatic carbocycles. The van der Waals surface area contributed by atoms with Crippen LogP contribution in [-0.4, -0.2) is 30.5 Å². The van der Waals surface area contributed by atoms with Crippen LogP contribution < -0.4 is 5.32 Å². The minimum atomic E-state index is -0.625. The van der Waals surface area contributed by atoms with E-state index >= 15 is 0 Å². The Labute approximate surface area is 154 Å². The fraction of sp³-hybridized carbons (Fsp3) is 0.381. The van der Waals surface area contributed by atoms with Gasteiger partial charge in [-0.3, -0.25) is 9.78 Å². The first kappa shape index (κ1) is 19.6. The summed E-state index contributed by atoms with van der Waals surface area (Å²) < 4.78 is 4.73. The van der Waals surface area contributed by atoms with Gasteiger partial charge in [0.25, 0.3) is 0 Å². The highest BCUT2D eigenvalue weighted by atomic mass is 16.5. The van der Waals surface area contributed by atoms with Gasteiger partial charge < -0.3 is 10.1 Å². The van der Waals surface area contributed by atoms with E-state index in [1.54, 1.807) is 12.3 Å². The van der Waals surface area contributed by atoms with E-state index in [1.165, 1.54) is 13.3 Å². The van der Waals surface area contributed by atoms with Gasteiger partial charge in [-0.05, 0) is 37.0 Å². The zero-order valence-corrected chi connectivity index (χ0v) is 16.0. The zero-order valence-electron chi connectivity index (χ0n) is 16.0. The van der Waals surface area contributed by atoms with Gasteiger partial charge in [-0.2, -0.15) is 0 Å². The molecule has 5 nitrogen and oxygen atoms in total. The maximum absolute atomic E-state index is 12.5. The SMILES string of the molecule is COC(=O)c1cncc(-c2ccc(C(C)(C)C(=O)NCC(C)C)cc2)c1. The molecule has 0 fully saturated rings. The van der Waals surface area contributed by atoms with Gasteiger partial charge in [0, 0.05) is 24.5 Å². The number of esters is 1. The predicted octanol–water partition coefficient (Wildman–Crippen LogP) is 3.59. The Morgan fingerprint density at radius 1 is 1.12 bits per heavy atom. The molecule has 0 spiro atoms. The lowest BCUT2D eigenvalue weighted by atomic mass is 9.83. The third-order valence-corrected chi connectivity index (χ3v) is 4.34. The molecule has 2 aromatic rings. The topological polar surface area (TPSA) is 68.3 Å². The summed E-state index contributed by atoms with van der Waals surface area (Å²) in [6.45, 7) is 8.62. The summed E-state index contributed by atoms with van der Waals surface area (Å²) in [5, 5.41) is 2.99. The third kappa shape index (κ3) is 4.48. The number of benzene rings is 1. The van der Waals surface area contributed by atoms with Crippen LogP contribution in [-0.2, 0) is 14.9 Å². The summed E-state index contributed by atoms with van der Waals surface area (Å²) in [5.41, 5.74) is 2.45. The first-order valence-corrected chi connectivity index (χ1v) is 8.68. The molecule has 0 saturated carbocycles. The van der Waals surface area contributed by atoms with Gasteiger partial charge in [0.05, 0.1) is 18.1 Å². The largest absolute Gasteiger partial charge is 0.465 e. The quantitative estimate of drug-likeness (QED) is 0.805. The number of carbonyl (C=O) groups excluding carboxylic acids is 2. The van der Waals surface area contributed by atoms with Crippen molar-refractivity contribution in [3.8, 4) is 11.1 Å². The monoisotopic (exact) mass is 354 g/mol. The second-order valence-corrected chi connectivity index (χ2v) is 7.26. The number of amides is 1. The standard InChI is InChI=1S/C21H26N2O3/c1-14(2)11-23-20(25)21(3,4)18-8-6-15(7-9-18)16-10-17(13-22-12-16)19(24)26-5/h6-10,12-14H,11H2,1-5H3,(H,23,25). The molecule has 0 bridgehead atoms. The van der Waals surface area contributed by atoms with Crippen molar-refractivity contribution < 1.29 is 14.3 Å². The number of rotatable bonds is 6. The molecule has 1 aromatic heterocycles. The van der Waals surface area contributed by atoms with Crippen LogP contribution in [0.3, 0.4) is 0 Å². The van der Waals surface area contributed by atoms with E-state index in [0.29, 0.717) is 18.0 Å². The van der Waals surface area contributed by atoms with Crippen LogP contribution in [0.1, 0.15) is 43.6 Å². The summed E-state index contributed by atoms with van der Waals surface area (Å²) in [7, 11) is 1.34. The first-order chi connectivity index (χ1) is 12.3. The van der Waals surface area contributed by atoms with E-state index in [9.17, 15) is 9.59 Å². The Balaban J connectivity index is 2.22. The molecule has 0 aliphatic heterocycles. The Bertz CT molecular complexity index is 780. The Morgan fingerprint density at radius 2 is 1.77 bits per heavy atom. The third-order valence-electron chi connectivity index (χ3n) is 4.34. The molecule has 1 N–H and O–H groups in total. The number of hydrogen-bond acceptors (Lipinski definition) is 4. The fourth-order valence-corrected chi connectivity index (χ4v) is 2.56. The molecular formula is C21H26N2O3. The van der Waals surface area contributed by atoms with E-state index in [2.05, 4.69) is 24.1 Å². The molecule has 1 amide bonds. The molecule has 1 aromatic carbocycles. The van der Waals surface area contributed by atoms with Crippen molar-refractivity contribution in [3.63, 3.8) is 0 Å². The minimum Gasteiger partial charge on any atom is -0.465 e. The number of pyridine rings is 1. The fourth-order valence-electron chi connectivity index (χ4n) is 2.56. The van der Waals surface area contributed by atoms with Crippen LogP contribution in [0.2, 0.25) is 0 Å². The van der Waals surface area contributed by atoms with Crippen molar-refractivity contribution in [1.82, 2.24) is 10.3 Å². The van der Waals surface area contributed by atoms with Gasteiger partial charge in [0.15, 0.2) is 0 Å². The Morgan fingerprint density at radius 3 is 2.35 bits per heavy atom. The average Bonchev–Trinajstić information content (AvgIpc) is 2.65. The summed E-state index contributed by atoms with van der Waals surface area (Å²) in [4.78, 5) is 28.3. The van der Waals surface area contributed by atoms with Crippen LogP contribution in [0.15, 0.2) is 42.7 Å². The Hall–Kier alpha value is -2.69. The van der Waals surface area contributed by atoms with Crippen LogP contribution in [0.25, 0.3) is 11.1 Å². The van der Waals surface area contributed by atoms with Gasteiger partial charge in [-0.25, -0.2) is 4.79 Å². The van der Waals surface area contributed by atoms with E-state index in [-0.39, 0.29) is 5.91 Å². The molecule has 0 aliphatic rings. The highest BCUT2D eigenvalue weighted by Gasteiger charge is 2.29. The molecule has 0 radical (unpaired) electrons. The molecule has 2 rings (SSSR count). The van der Waals surface area contributed by atoms with Gasteiger partial charge in [-0.1, -0.05) is 38.1 Å². The number of hydrogen-bond donors (Lipinski definition) is 1. The van der Waals surface area contributed by atoms with Crippen molar-refractivity contribution in [2.45, 2.75) is 33.1 Å². The minimum absolute atomic E-state index is 0.00769. The van der Waals surface area contributed by atoms with Crippen LogP contribution in [0, 0.1) is 5.92 Å². The molecule has 0 unspecified atom stereocenters. The highest BCUT2D eigenvalue weighted by Crippen LogP contribution is 2.27. The van der Waals surface area contributed by atoms with Crippen molar-refractivity contribution >= 4 is 11.9 Å². The predicted molar refractivity (Wildman–Crippen MR) is 102 cm³/mol.